The minimum atomic E-state index is -5.05. The molecule has 5 atom stereocenters. The summed E-state index contributed by atoms with van der Waals surface area (Å²) < 4.78 is 34.8. The van der Waals surface area contributed by atoms with Crippen molar-refractivity contribution in [3.05, 3.63) is 0 Å². The number of Topliss-reactive ketones (excluding diaryl/α,β-unsaturated/α-hetero) is 1. The molecule has 1 amide bonds. The lowest BCUT2D eigenvalue weighted by atomic mass is 9.89. The van der Waals surface area contributed by atoms with Crippen molar-refractivity contribution in [1.29, 1.82) is 0 Å². The topological polar surface area (TPSA) is 141 Å². The highest BCUT2D eigenvalue weighted by Gasteiger charge is 2.48. The first-order valence-corrected chi connectivity index (χ1v) is 17.9. The first kappa shape index (κ1) is 43.1. The lowest BCUT2D eigenvalue weighted by Gasteiger charge is -2.45. The van der Waals surface area contributed by atoms with Crippen LogP contribution in [-0.4, -0.2) is 65.3 Å². The predicted molar refractivity (Wildman–Crippen MR) is 186 cm³/mol. The lowest BCUT2D eigenvalue weighted by molar-refractivity contribution is -0.242. The van der Waals surface area contributed by atoms with E-state index in [4.69, 9.17) is 25.2 Å². The number of phosphoric ester groups is 1. The van der Waals surface area contributed by atoms with Gasteiger partial charge in [0, 0.05) is 12.5 Å². The molecule has 0 aromatic heterocycles. The zero-order valence-electron chi connectivity index (χ0n) is 28.7. The molecule has 0 aromatic carbocycles. The number of carbonyl (C=O) groups excluding carboxylic acids is 2. The van der Waals surface area contributed by atoms with Crippen molar-refractivity contribution in [3.8, 4) is 83.4 Å². The highest BCUT2D eigenvalue weighted by molar-refractivity contribution is 7.46. The molecular weight excluding hydrogens is 645 g/mol. The van der Waals surface area contributed by atoms with Crippen LogP contribution in [0.15, 0.2) is 0 Å². The molecular formula is C38H46NO9P. The largest absolute Gasteiger partial charge is 0.472 e. The van der Waals surface area contributed by atoms with Crippen LogP contribution in [0.5, 0.6) is 0 Å². The second-order valence-corrected chi connectivity index (χ2v) is 12.6. The van der Waals surface area contributed by atoms with E-state index in [2.05, 4.69) is 89.2 Å². The highest BCUT2D eigenvalue weighted by Crippen LogP contribution is 2.42. The van der Waals surface area contributed by atoms with Crippen molar-refractivity contribution in [3.63, 3.8) is 0 Å². The summed E-state index contributed by atoms with van der Waals surface area (Å²) in [5.74, 6) is 30.0. The van der Waals surface area contributed by atoms with E-state index in [9.17, 15) is 23.9 Å². The molecule has 10 nitrogen and oxygen atoms in total. The molecule has 0 unspecified atom stereocenters. The van der Waals surface area contributed by atoms with Gasteiger partial charge in [0.15, 0.2) is 12.1 Å². The Morgan fingerprint density at radius 2 is 1.43 bits per heavy atom. The van der Waals surface area contributed by atoms with Crippen LogP contribution < -0.4 is 5.32 Å². The molecule has 0 saturated carbocycles. The summed E-state index contributed by atoms with van der Waals surface area (Å²) in [5, 5.41) is 2.67. The maximum absolute atomic E-state index is 13.0. The van der Waals surface area contributed by atoms with E-state index in [1.54, 1.807) is 0 Å². The van der Waals surface area contributed by atoms with Crippen molar-refractivity contribution in [2.24, 2.45) is 5.92 Å². The number of amides is 1. The number of hydrogen-bond donors (Lipinski definition) is 3. The van der Waals surface area contributed by atoms with Crippen LogP contribution in [0.25, 0.3) is 0 Å². The van der Waals surface area contributed by atoms with E-state index in [0.717, 1.165) is 25.7 Å². The number of nitrogens with one attached hydrogen (secondary N) is 1. The summed E-state index contributed by atoms with van der Waals surface area (Å²) >= 11 is 0. The van der Waals surface area contributed by atoms with Crippen molar-refractivity contribution < 1.29 is 42.7 Å². The number of phosphoric acid groups is 1. The quantitative estimate of drug-likeness (QED) is 0.0797. The number of ketones is 1. The maximum atomic E-state index is 13.0. The van der Waals surface area contributed by atoms with Crippen LogP contribution in [0.3, 0.4) is 0 Å². The van der Waals surface area contributed by atoms with Crippen molar-refractivity contribution in [2.45, 2.75) is 123 Å². The van der Waals surface area contributed by atoms with Crippen LogP contribution in [0.2, 0.25) is 0 Å². The Morgan fingerprint density at radius 1 is 0.878 bits per heavy atom. The van der Waals surface area contributed by atoms with Gasteiger partial charge in [-0.2, -0.15) is 0 Å². The van der Waals surface area contributed by atoms with Gasteiger partial charge in [0.05, 0.1) is 37.8 Å². The third kappa shape index (κ3) is 21.6. The van der Waals surface area contributed by atoms with Crippen molar-refractivity contribution in [2.75, 3.05) is 13.2 Å². The molecule has 1 heterocycles. The maximum Gasteiger partial charge on any atom is 0.472 e. The monoisotopic (exact) mass is 691 g/mol. The minimum absolute atomic E-state index is 0.120. The predicted octanol–water partition coefficient (Wildman–Crippen LogP) is 3.90. The van der Waals surface area contributed by atoms with Crippen LogP contribution in [-0.2, 0) is 32.9 Å². The first-order valence-electron chi connectivity index (χ1n) is 16.4. The Kier molecular flexibility index (Phi) is 22.8. The van der Waals surface area contributed by atoms with E-state index >= 15 is 0 Å². The average Bonchev–Trinajstić information content (AvgIpc) is 3.03. The number of unbranched alkanes of at least 4 members (excludes halogenated alkanes) is 7. The van der Waals surface area contributed by atoms with Gasteiger partial charge in [-0.1, -0.05) is 64.7 Å². The van der Waals surface area contributed by atoms with Crippen LogP contribution in [0, 0.1) is 89.3 Å². The molecule has 0 radical (unpaired) electrons. The molecule has 0 aromatic rings. The van der Waals surface area contributed by atoms with Gasteiger partial charge in [-0.05, 0) is 91.3 Å². The summed E-state index contributed by atoms with van der Waals surface area (Å²) in [4.78, 5) is 44.7. The molecule has 0 bridgehead atoms. The number of hydrogen-bond acceptors (Lipinski definition) is 7. The van der Waals surface area contributed by atoms with Gasteiger partial charge in [-0.25, -0.2) is 4.57 Å². The van der Waals surface area contributed by atoms with Crippen LogP contribution in [0.1, 0.15) is 91.9 Å². The third-order valence-corrected chi connectivity index (χ3v) is 7.44. The Balaban J connectivity index is 2.91. The molecule has 0 aliphatic carbocycles. The van der Waals surface area contributed by atoms with E-state index in [-0.39, 0.29) is 25.0 Å². The Hall–Kier alpha value is -3.95. The van der Waals surface area contributed by atoms with Gasteiger partial charge in [-0.3, -0.25) is 14.1 Å². The van der Waals surface area contributed by atoms with Gasteiger partial charge >= 0.3 is 7.82 Å². The van der Waals surface area contributed by atoms with E-state index in [0.29, 0.717) is 6.61 Å². The number of rotatable bonds is 19. The van der Waals surface area contributed by atoms with Crippen LogP contribution >= 0.6 is 7.82 Å². The minimum Gasteiger partial charge on any atom is -0.376 e. The molecule has 262 valence electrons. The van der Waals surface area contributed by atoms with Crippen LogP contribution in [0.4, 0.5) is 0 Å². The Morgan fingerprint density at radius 3 is 1.98 bits per heavy atom. The summed E-state index contributed by atoms with van der Waals surface area (Å²) in [7, 11) is -5.05. The summed E-state index contributed by atoms with van der Waals surface area (Å²) in [6.45, 7) is 8.23. The highest BCUT2D eigenvalue weighted by atomic mass is 31.2. The van der Waals surface area contributed by atoms with E-state index in [1.165, 1.54) is 25.7 Å². The number of carbonyl (C=O) groups is 2. The normalized spacial score (nSPS) is 19.2. The zero-order chi connectivity index (χ0) is 36.3. The smallest absolute Gasteiger partial charge is 0.376 e. The molecule has 0 spiro atoms. The number of terminal acetylenes is 1. The molecule has 49 heavy (non-hydrogen) atoms. The van der Waals surface area contributed by atoms with E-state index in [1.807, 2.05) is 20.8 Å². The second kappa shape index (κ2) is 26.0. The van der Waals surface area contributed by atoms with E-state index < -0.39 is 50.5 Å². The van der Waals surface area contributed by atoms with Gasteiger partial charge in [0.2, 0.25) is 5.91 Å². The third-order valence-electron chi connectivity index (χ3n) is 6.96. The van der Waals surface area contributed by atoms with Crippen molar-refractivity contribution >= 4 is 19.5 Å². The SMILES string of the molecule is C#CC#CC#CC#CC#CC#CC#CCC(=O)CC(=O)N[C@H]1[C@@H](OP(=O)(O)O)O[C@H](COC(C)C)[C@@H](C)[C@@H]1OCCCCCCCCCC. The molecule has 1 saturated heterocycles. The summed E-state index contributed by atoms with van der Waals surface area (Å²) in [5.41, 5.74) is 0. The lowest BCUT2D eigenvalue weighted by Crippen LogP contribution is -2.62. The fourth-order valence-electron chi connectivity index (χ4n) is 4.62. The zero-order valence-corrected chi connectivity index (χ0v) is 29.6. The van der Waals surface area contributed by atoms with Gasteiger partial charge < -0.3 is 29.3 Å². The molecule has 1 rings (SSSR count). The summed E-state index contributed by atoms with van der Waals surface area (Å²) in [6.07, 6.45) is 9.92. The number of ether oxygens (including phenoxy) is 3. The Bertz CT molecular complexity index is 1540. The molecule has 1 aliphatic heterocycles. The fourth-order valence-corrected chi connectivity index (χ4v) is 5.07. The molecule has 1 aliphatic rings. The average molecular weight is 692 g/mol. The summed E-state index contributed by atoms with van der Waals surface area (Å²) in [6, 6.07) is -1.12. The van der Waals surface area contributed by atoms with Gasteiger partial charge in [-0.15, -0.1) is 6.42 Å². The van der Waals surface area contributed by atoms with Gasteiger partial charge in [0.25, 0.3) is 0 Å². The first-order chi connectivity index (χ1) is 23.5. The van der Waals surface area contributed by atoms with Crippen molar-refractivity contribution in [1.82, 2.24) is 5.32 Å². The second-order valence-electron chi connectivity index (χ2n) is 11.4. The molecule has 11 heteroatoms. The Labute approximate surface area is 292 Å². The van der Waals surface area contributed by atoms with Gasteiger partial charge in [0.1, 0.15) is 6.04 Å². The molecule has 3 N–H and O–H groups in total. The standard InChI is InChI=1S/C38H46NO9P/c1-6-8-10-12-14-16-17-18-19-20-21-23-25-27-33(40)29-35(41)39-36-37(45-28-26-24-22-15-13-11-9-7-2)32(5)34(30-46-31(3)4)47-38(36)48-49(42,43)44/h1,31-32,34,36-38H,7,9,11,13,15,22,24,26-30H2,2-5H3,(H,39,41)(H2,42,43,44)/t32-,34-,36-,37+,38-/m1/s1. The molecule has 1 fully saturated rings. The fraction of sp³-hybridized carbons (Fsp3) is 0.579.